The maximum Gasteiger partial charge on any atom is 0.0652 e. The van der Waals surface area contributed by atoms with E-state index in [4.69, 9.17) is 4.99 Å². The number of fused-ring (bicyclic) bond motifs is 2. The van der Waals surface area contributed by atoms with Gasteiger partial charge in [-0.15, -0.1) is 0 Å². The first-order chi connectivity index (χ1) is 6.93. The standard InChI is InChI=1S/C12H20N2/c1-2-6-10-9(5-1)13-11-7-3-4-8-12(11)14-10/h9-11,13H,1-8H2. The fourth-order valence-electron chi connectivity index (χ4n) is 3.26. The van der Waals surface area contributed by atoms with E-state index in [1.807, 2.05) is 0 Å². The normalized spacial score (nSPS) is 42.3. The molecule has 3 unspecified atom stereocenters. The monoisotopic (exact) mass is 192 g/mol. The van der Waals surface area contributed by atoms with Crippen LogP contribution in [0.25, 0.3) is 0 Å². The van der Waals surface area contributed by atoms with Crippen molar-refractivity contribution in [2.45, 2.75) is 69.5 Å². The summed E-state index contributed by atoms with van der Waals surface area (Å²) in [4.78, 5) is 4.98. The molecular formula is C12H20N2. The Kier molecular flexibility index (Phi) is 2.32. The molecule has 2 nitrogen and oxygen atoms in total. The van der Waals surface area contributed by atoms with Crippen LogP contribution in [0.3, 0.4) is 0 Å². The molecule has 0 bridgehead atoms. The van der Waals surface area contributed by atoms with Gasteiger partial charge in [-0.2, -0.15) is 0 Å². The Morgan fingerprint density at radius 3 is 2.86 bits per heavy atom. The molecule has 14 heavy (non-hydrogen) atoms. The third kappa shape index (κ3) is 1.50. The van der Waals surface area contributed by atoms with Gasteiger partial charge in [-0.1, -0.05) is 19.3 Å². The highest BCUT2D eigenvalue weighted by Crippen LogP contribution is 2.28. The van der Waals surface area contributed by atoms with E-state index in [1.165, 1.54) is 57.1 Å². The molecule has 0 radical (unpaired) electrons. The van der Waals surface area contributed by atoms with Gasteiger partial charge in [0.05, 0.1) is 6.04 Å². The fourth-order valence-corrected chi connectivity index (χ4v) is 3.26. The lowest BCUT2D eigenvalue weighted by Crippen LogP contribution is -2.54. The maximum atomic E-state index is 4.98. The Morgan fingerprint density at radius 2 is 1.86 bits per heavy atom. The maximum absolute atomic E-state index is 4.98. The second-order valence-corrected chi connectivity index (χ2v) is 5.04. The molecule has 0 saturated heterocycles. The second-order valence-electron chi connectivity index (χ2n) is 5.04. The largest absolute Gasteiger partial charge is 0.304 e. The average Bonchev–Trinajstić information content (AvgIpc) is 2.26. The molecule has 3 atom stereocenters. The molecular weight excluding hydrogens is 172 g/mol. The zero-order chi connectivity index (χ0) is 9.38. The van der Waals surface area contributed by atoms with E-state index in [2.05, 4.69) is 5.32 Å². The highest BCUT2D eigenvalue weighted by molar-refractivity contribution is 5.91. The van der Waals surface area contributed by atoms with Gasteiger partial charge in [0.15, 0.2) is 0 Å². The van der Waals surface area contributed by atoms with Crippen molar-refractivity contribution in [2.24, 2.45) is 4.99 Å². The van der Waals surface area contributed by atoms with E-state index in [-0.39, 0.29) is 0 Å². The predicted molar refractivity (Wildman–Crippen MR) is 58.9 cm³/mol. The van der Waals surface area contributed by atoms with Gasteiger partial charge in [-0.3, -0.25) is 4.99 Å². The predicted octanol–water partition coefficient (Wildman–Crippen LogP) is 2.28. The number of rotatable bonds is 0. The van der Waals surface area contributed by atoms with Gasteiger partial charge >= 0.3 is 0 Å². The minimum atomic E-state index is 0.632. The second kappa shape index (κ2) is 3.65. The fraction of sp³-hybridized carbons (Fsp3) is 0.917. The number of nitrogens with one attached hydrogen (secondary N) is 1. The molecule has 1 aliphatic heterocycles. The molecule has 3 aliphatic rings. The van der Waals surface area contributed by atoms with E-state index in [9.17, 15) is 0 Å². The zero-order valence-electron chi connectivity index (χ0n) is 8.84. The molecule has 0 spiro atoms. The lowest BCUT2D eigenvalue weighted by atomic mass is 9.84. The summed E-state index contributed by atoms with van der Waals surface area (Å²) in [6.07, 6.45) is 10.9. The molecule has 3 rings (SSSR count). The summed E-state index contributed by atoms with van der Waals surface area (Å²) < 4.78 is 0. The van der Waals surface area contributed by atoms with Crippen molar-refractivity contribution in [3.63, 3.8) is 0 Å². The number of nitrogens with zero attached hydrogens (tertiary/aromatic N) is 1. The molecule has 1 N–H and O–H groups in total. The van der Waals surface area contributed by atoms with Crippen LogP contribution in [-0.4, -0.2) is 23.8 Å². The van der Waals surface area contributed by atoms with Gasteiger partial charge in [-0.25, -0.2) is 0 Å². The van der Waals surface area contributed by atoms with Crippen LogP contribution in [0.4, 0.5) is 0 Å². The van der Waals surface area contributed by atoms with Gasteiger partial charge in [0.1, 0.15) is 0 Å². The molecule has 1 heterocycles. The van der Waals surface area contributed by atoms with E-state index in [0.717, 1.165) is 6.04 Å². The summed E-state index contributed by atoms with van der Waals surface area (Å²) in [5.74, 6) is 0. The minimum absolute atomic E-state index is 0.632. The van der Waals surface area contributed by atoms with Crippen molar-refractivity contribution < 1.29 is 0 Å². The smallest absolute Gasteiger partial charge is 0.0652 e. The zero-order valence-corrected chi connectivity index (χ0v) is 8.84. The summed E-state index contributed by atoms with van der Waals surface area (Å²) in [5, 5.41) is 3.83. The first-order valence-electron chi connectivity index (χ1n) is 6.26. The van der Waals surface area contributed by atoms with E-state index >= 15 is 0 Å². The molecule has 78 valence electrons. The van der Waals surface area contributed by atoms with Crippen molar-refractivity contribution in [1.82, 2.24) is 5.32 Å². The first kappa shape index (κ1) is 8.90. The molecule has 2 heteroatoms. The Bertz CT molecular complexity index is 247. The molecule has 0 aromatic carbocycles. The summed E-state index contributed by atoms with van der Waals surface area (Å²) in [6.45, 7) is 0. The third-order valence-electron chi connectivity index (χ3n) is 4.05. The van der Waals surface area contributed by atoms with Crippen LogP contribution in [0.15, 0.2) is 4.99 Å². The molecule has 2 fully saturated rings. The molecule has 2 aliphatic carbocycles. The van der Waals surface area contributed by atoms with Crippen LogP contribution in [0.1, 0.15) is 51.4 Å². The average molecular weight is 192 g/mol. The lowest BCUT2D eigenvalue weighted by Gasteiger charge is -2.40. The van der Waals surface area contributed by atoms with Gasteiger partial charge in [-0.05, 0) is 32.1 Å². The van der Waals surface area contributed by atoms with Crippen molar-refractivity contribution in [2.75, 3.05) is 0 Å². The van der Waals surface area contributed by atoms with Crippen molar-refractivity contribution in [3.05, 3.63) is 0 Å². The Morgan fingerprint density at radius 1 is 1.00 bits per heavy atom. The summed E-state index contributed by atoms with van der Waals surface area (Å²) in [6, 6.07) is 2.01. The van der Waals surface area contributed by atoms with Crippen molar-refractivity contribution >= 4 is 5.71 Å². The third-order valence-corrected chi connectivity index (χ3v) is 4.05. The molecule has 0 amide bonds. The van der Waals surface area contributed by atoms with Gasteiger partial charge in [0, 0.05) is 17.8 Å². The molecule has 2 saturated carbocycles. The summed E-state index contributed by atoms with van der Waals surface area (Å²) >= 11 is 0. The van der Waals surface area contributed by atoms with E-state index in [1.54, 1.807) is 0 Å². The van der Waals surface area contributed by atoms with Crippen LogP contribution in [-0.2, 0) is 0 Å². The summed E-state index contributed by atoms with van der Waals surface area (Å²) in [5.41, 5.74) is 1.50. The number of hydrogen-bond acceptors (Lipinski definition) is 2. The highest BCUT2D eigenvalue weighted by Gasteiger charge is 2.33. The van der Waals surface area contributed by atoms with Crippen LogP contribution in [0.2, 0.25) is 0 Å². The quantitative estimate of drug-likeness (QED) is 0.625. The van der Waals surface area contributed by atoms with Crippen molar-refractivity contribution in [3.8, 4) is 0 Å². The topological polar surface area (TPSA) is 24.4 Å². The Balaban J connectivity index is 1.80. The van der Waals surface area contributed by atoms with Crippen molar-refractivity contribution in [1.29, 1.82) is 0 Å². The van der Waals surface area contributed by atoms with Gasteiger partial charge < -0.3 is 5.32 Å². The molecule has 0 aromatic heterocycles. The lowest BCUT2D eigenvalue weighted by molar-refractivity contribution is 0.290. The number of hydrogen-bond donors (Lipinski definition) is 1. The SMILES string of the molecule is C1CCC2NC3CCCCC3N=C2C1. The van der Waals surface area contributed by atoms with E-state index in [0.29, 0.717) is 12.1 Å². The highest BCUT2D eigenvalue weighted by atomic mass is 15.1. The minimum Gasteiger partial charge on any atom is -0.304 e. The summed E-state index contributed by atoms with van der Waals surface area (Å²) in [7, 11) is 0. The van der Waals surface area contributed by atoms with Crippen LogP contribution < -0.4 is 5.32 Å². The van der Waals surface area contributed by atoms with E-state index < -0.39 is 0 Å². The Labute approximate surface area is 86.2 Å². The number of aliphatic imine (C=N–C) groups is 1. The molecule has 0 aromatic rings. The first-order valence-corrected chi connectivity index (χ1v) is 6.26. The van der Waals surface area contributed by atoms with Gasteiger partial charge in [0.2, 0.25) is 0 Å². The van der Waals surface area contributed by atoms with Crippen LogP contribution in [0.5, 0.6) is 0 Å². The van der Waals surface area contributed by atoms with Crippen LogP contribution in [0, 0.1) is 0 Å². The van der Waals surface area contributed by atoms with Crippen LogP contribution >= 0.6 is 0 Å². The van der Waals surface area contributed by atoms with Gasteiger partial charge in [0.25, 0.3) is 0 Å². The Hall–Kier alpha value is -0.370.